The van der Waals surface area contributed by atoms with Gasteiger partial charge in [0, 0.05) is 17.5 Å². The molecule has 0 aliphatic carbocycles. The Morgan fingerprint density at radius 2 is 1.80 bits per heavy atom. The molecule has 4 atom stereocenters. The van der Waals surface area contributed by atoms with Crippen molar-refractivity contribution in [1.29, 1.82) is 0 Å². The van der Waals surface area contributed by atoms with Crippen molar-refractivity contribution in [3.8, 4) is 5.75 Å². The van der Waals surface area contributed by atoms with Gasteiger partial charge in [0.2, 0.25) is 5.91 Å². The fourth-order valence-electron chi connectivity index (χ4n) is 6.87. The molecule has 1 fully saturated rings. The molecule has 1 amide bonds. The molecule has 0 radical (unpaired) electrons. The normalized spacial score (nSPS) is 23.6. The number of carbonyl (C=O) groups excluding carboxylic acids is 3. The highest BCUT2D eigenvalue weighted by Crippen LogP contribution is 2.62. The fourth-order valence-corrected chi connectivity index (χ4v) is 7.57. The van der Waals surface area contributed by atoms with Crippen molar-refractivity contribution in [3.05, 3.63) is 124 Å². The van der Waals surface area contributed by atoms with Crippen LogP contribution in [0.5, 0.6) is 5.75 Å². The lowest BCUT2D eigenvalue weighted by molar-refractivity contribution is -0.122. The van der Waals surface area contributed by atoms with E-state index in [4.69, 9.17) is 4.74 Å². The van der Waals surface area contributed by atoms with Gasteiger partial charge in [0.15, 0.2) is 11.6 Å². The van der Waals surface area contributed by atoms with Gasteiger partial charge in [-0.15, -0.1) is 11.3 Å². The smallest absolute Gasteiger partial charge is 0.238 e. The van der Waals surface area contributed by atoms with Gasteiger partial charge in [-0.3, -0.25) is 14.4 Å². The summed E-state index contributed by atoms with van der Waals surface area (Å²) in [6.45, 7) is 2.55. The molecule has 1 saturated heterocycles. The van der Waals surface area contributed by atoms with Crippen LogP contribution in [0.4, 0.5) is 5.69 Å². The molecule has 3 aromatic carbocycles. The lowest BCUT2D eigenvalue weighted by Crippen LogP contribution is -2.49. The molecule has 1 spiro atoms. The second-order valence-electron chi connectivity index (χ2n) is 10.7. The highest BCUT2D eigenvalue weighted by atomic mass is 32.1. The average Bonchev–Trinajstić information content (AvgIpc) is 3.72. The minimum Gasteiger partial charge on any atom is -0.494 e. The van der Waals surface area contributed by atoms with E-state index in [2.05, 4.69) is 5.32 Å². The van der Waals surface area contributed by atoms with Crippen LogP contribution in [0.1, 0.15) is 56.1 Å². The number of Topliss-reactive ketones (excluding diaryl/α,β-unsaturated/α-hetero) is 2. The molecule has 1 aromatic heterocycles. The first-order chi connectivity index (χ1) is 20.1. The maximum atomic E-state index is 14.9. The number of ether oxygens (including phenoxy) is 1. The van der Waals surface area contributed by atoms with Crippen LogP contribution in [0.25, 0.3) is 6.08 Å². The first kappa shape index (κ1) is 25.5. The first-order valence-corrected chi connectivity index (χ1v) is 14.7. The van der Waals surface area contributed by atoms with Crippen LogP contribution in [0.15, 0.2) is 96.5 Å². The van der Waals surface area contributed by atoms with E-state index in [9.17, 15) is 14.4 Å². The van der Waals surface area contributed by atoms with E-state index in [-0.39, 0.29) is 17.5 Å². The monoisotopic (exact) mass is 560 g/mol. The van der Waals surface area contributed by atoms with E-state index in [1.54, 1.807) is 24.3 Å². The van der Waals surface area contributed by atoms with Crippen molar-refractivity contribution >= 4 is 40.6 Å². The van der Waals surface area contributed by atoms with Crippen LogP contribution in [-0.4, -0.2) is 35.0 Å². The number of fused-ring (bicyclic) bond motifs is 6. The molecule has 3 aliphatic heterocycles. The van der Waals surface area contributed by atoms with E-state index in [1.807, 2.05) is 90.1 Å². The highest BCUT2D eigenvalue weighted by Gasteiger charge is 2.70. The third-order valence-electron chi connectivity index (χ3n) is 8.48. The van der Waals surface area contributed by atoms with Gasteiger partial charge in [0.1, 0.15) is 17.2 Å². The number of carbonyl (C=O) groups is 3. The molecule has 1 N–H and O–H groups in total. The fraction of sp³-hybridized carbons (Fsp3) is 0.206. The van der Waals surface area contributed by atoms with E-state index < -0.39 is 23.4 Å². The van der Waals surface area contributed by atoms with Crippen molar-refractivity contribution in [1.82, 2.24) is 4.90 Å². The van der Waals surface area contributed by atoms with E-state index in [1.165, 1.54) is 11.3 Å². The van der Waals surface area contributed by atoms with E-state index in [0.717, 1.165) is 23.1 Å². The Morgan fingerprint density at radius 3 is 2.63 bits per heavy atom. The van der Waals surface area contributed by atoms with Gasteiger partial charge < -0.3 is 15.0 Å². The maximum absolute atomic E-state index is 14.9. The zero-order valence-corrected chi connectivity index (χ0v) is 23.3. The van der Waals surface area contributed by atoms with Crippen LogP contribution < -0.4 is 10.1 Å². The number of nitrogens with one attached hydrogen (secondary N) is 1. The summed E-state index contributed by atoms with van der Waals surface area (Å²) in [6.07, 6.45) is 4.70. The van der Waals surface area contributed by atoms with Crippen molar-refractivity contribution < 1.29 is 19.1 Å². The zero-order valence-electron chi connectivity index (χ0n) is 22.4. The summed E-state index contributed by atoms with van der Waals surface area (Å²) in [5.74, 6) is -1.10. The molecule has 0 saturated carbocycles. The van der Waals surface area contributed by atoms with Crippen LogP contribution in [0.2, 0.25) is 0 Å². The van der Waals surface area contributed by atoms with Crippen molar-refractivity contribution in [2.24, 2.45) is 5.92 Å². The van der Waals surface area contributed by atoms with Crippen molar-refractivity contribution in [2.45, 2.75) is 30.8 Å². The van der Waals surface area contributed by atoms with Crippen molar-refractivity contribution in [2.75, 3.05) is 11.9 Å². The molecular formula is C34H28N2O4S. The predicted molar refractivity (Wildman–Crippen MR) is 159 cm³/mol. The van der Waals surface area contributed by atoms with Crippen LogP contribution in [0.3, 0.4) is 0 Å². The molecule has 4 heterocycles. The second kappa shape index (κ2) is 9.85. The highest BCUT2D eigenvalue weighted by molar-refractivity contribution is 7.12. The molecule has 3 aliphatic rings. The summed E-state index contributed by atoms with van der Waals surface area (Å²) >= 11 is 1.35. The van der Waals surface area contributed by atoms with Gasteiger partial charge in [-0.2, -0.15) is 0 Å². The minimum absolute atomic E-state index is 0.167. The zero-order chi connectivity index (χ0) is 28.1. The van der Waals surface area contributed by atoms with Gasteiger partial charge in [-0.1, -0.05) is 67.6 Å². The number of hydrogen-bond donors (Lipinski definition) is 1. The molecule has 0 bridgehead atoms. The Kier molecular flexibility index (Phi) is 6.12. The molecule has 204 valence electrons. The van der Waals surface area contributed by atoms with Gasteiger partial charge in [0.05, 0.1) is 23.4 Å². The third kappa shape index (κ3) is 3.72. The van der Waals surface area contributed by atoms with Crippen LogP contribution >= 0.6 is 11.3 Å². The Balaban J connectivity index is 1.50. The molecule has 4 aromatic rings. The summed E-state index contributed by atoms with van der Waals surface area (Å²) in [6, 6.07) is 24.8. The number of rotatable bonds is 7. The quantitative estimate of drug-likeness (QED) is 0.261. The molecular weight excluding hydrogens is 532 g/mol. The molecule has 6 nitrogen and oxygen atoms in total. The number of thiophene rings is 1. The second-order valence-corrected chi connectivity index (χ2v) is 11.6. The minimum atomic E-state index is -1.34. The Labute approximate surface area is 242 Å². The summed E-state index contributed by atoms with van der Waals surface area (Å²) in [4.78, 5) is 46.3. The first-order valence-electron chi connectivity index (χ1n) is 13.9. The summed E-state index contributed by atoms with van der Waals surface area (Å²) in [5.41, 5.74) is 2.37. The molecule has 7 heteroatoms. The average molecular weight is 561 g/mol. The van der Waals surface area contributed by atoms with Crippen LogP contribution in [0, 0.1) is 5.92 Å². The van der Waals surface area contributed by atoms with Crippen molar-refractivity contribution in [3.63, 3.8) is 0 Å². The topological polar surface area (TPSA) is 75.7 Å². The maximum Gasteiger partial charge on any atom is 0.238 e. The Hall–Kier alpha value is -4.49. The Morgan fingerprint density at radius 1 is 0.976 bits per heavy atom. The van der Waals surface area contributed by atoms with Gasteiger partial charge in [-0.05, 0) is 58.8 Å². The third-order valence-corrected chi connectivity index (χ3v) is 9.36. The largest absolute Gasteiger partial charge is 0.494 e. The lowest BCUT2D eigenvalue weighted by atomic mass is 9.63. The lowest BCUT2D eigenvalue weighted by Gasteiger charge is -2.38. The number of ketones is 2. The SMILES string of the molecule is CCCOc1cccc(C(=O)[C@H]2[C@H](C(=O)c3cccs3)N3C=Cc4ccccc4[C@@H]3[C@]23C(=O)Nc2ccccc23)c1. The standard InChI is InChI=1S/C34H28N2O4S/c1-2-18-40-23-11-7-10-22(20-23)30(37)28-29(31(38)27-15-8-19-41-27)36-17-16-21-9-3-4-12-24(21)32(36)34(28)25-13-5-6-14-26(25)35-33(34)39/h3-17,19-20,28-29,32H,2,18H2,1H3,(H,35,39)/t28-,29-,32-,34-/m1/s1. The number of amides is 1. The molecule has 0 unspecified atom stereocenters. The van der Waals surface area contributed by atoms with Crippen LogP contribution in [-0.2, 0) is 10.2 Å². The van der Waals surface area contributed by atoms with Gasteiger partial charge in [0.25, 0.3) is 0 Å². The van der Waals surface area contributed by atoms with E-state index in [0.29, 0.717) is 28.5 Å². The summed E-state index contributed by atoms with van der Waals surface area (Å²) in [7, 11) is 0. The number of benzene rings is 3. The van der Waals surface area contributed by atoms with Gasteiger partial charge in [-0.25, -0.2) is 0 Å². The summed E-state index contributed by atoms with van der Waals surface area (Å²) < 4.78 is 5.86. The Bertz CT molecular complexity index is 1710. The number of hydrogen-bond acceptors (Lipinski definition) is 6. The van der Waals surface area contributed by atoms with E-state index >= 15 is 0 Å². The summed E-state index contributed by atoms with van der Waals surface area (Å²) in [5, 5.41) is 4.95. The predicted octanol–water partition coefficient (Wildman–Crippen LogP) is 6.52. The molecule has 7 rings (SSSR count). The molecule has 41 heavy (non-hydrogen) atoms. The number of nitrogens with zero attached hydrogens (tertiary/aromatic N) is 1. The van der Waals surface area contributed by atoms with Gasteiger partial charge >= 0.3 is 0 Å². The number of para-hydroxylation sites is 1. The number of anilines is 1.